The molecule has 3 aromatic carbocycles. The van der Waals surface area contributed by atoms with Gasteiger partial charge in [0.05, 0.1) is 21.2 Å². The van der Waals surface area contributed by atoms with E-state index in [0.717, 1.165) is 21.7 Å². The van der Waals surface area contributed by atoms with E-state index >= 15 is 0 Å². The first-order chi connectivity index (χ1) is 17.1. The summed E-state index contributed by atoms with van der Waals surface area (Å²) in [5, 5.41) is 12.8. The number of hydrogen-bond donors (Lipinski definition) is 1. The van der Waals surface area contributed by atoms with E-state index in [4.69, 9.17) is 0 Å². The first-order valence-electron chi connectivity index (χ1n) is 11.1. The van der Waals surface area contributed by atoms with Gasteiger partial charge >= 0.3 is 0 Å². The van der Waals surface area contributed by atoms with Crippen LogP contribution in [0.3, 0.4) is 0 Å². The van der Waals surface area contributed by atoms with Crippen molar-refractivity contribution in [3.05, 3.63) is 90.3 Å². The molecule has 5 rings (SSSR count). The molecule has 0 bridgehead atoms. The number of thiazole rings is 1. The van der Waals surface area contributed by atoms with E-state index in [9.17, 15) is 4.79 Å². The van der Waals surface area contributed by atoms with E-state index < -0.39 is 0 Å². The molecule has 9 heteroatoms. The Morgan fingerprint density at radius 3 is 2.51 bits per heavy atom. The van der Waals surface area contributed by atoms with Gasteiger partial charge in [0.1, 0.15) is 5.82 Å². The van der Waals surface area contributed by atoms with E-state index in [1.165, 1.54) is 33.6 Å². The van der Waals surface area contributed by atoms with Crippen LogP contribution in [0.5, 0.6) is 0 Å². The second-order valence-corrected chi connectivity index (χ2v) is 11.3. The summed E-state index contributed by atoms with van der Waals surface area (Å²) >= 11 is 4.57. The molecule has 0 aliphatic rings. The average Bonchev–Trinajstić information content (AvgIpc) is 3.47. The highest BCUT2D eigenvalue weighted by atomic mass is 32.2. The maximum absolute atomic E-state index is 13.0. The van der Waals surface area contributed by atoms with Crippen LogP contribution in [0.1, 0.15) is 18.3 Å². The second-order valence-electron chi connectivity index (χ2n) is 7.91. The summed E-state index contributed by atoms with van der Waals surface area (Å²) in [7, 11) is 0. The van der Waals surface area contributed by atoms with E-state index in [1.54, 1.807) is 11.8 Å². The number of anilines is 1. The predicted molar refractivity (Wildman–Crippen MR) is 146 cm³/mol. The van der Waals surface area contributed by atoms with Gasteiger partial charge in [0.25, 0.3) is 0 Å². The Hall–Kier alpha value is -3.14. The number of benzene rings is 3. The Morgan fingerprint density at radius 1 is 1.00 bits per heavy atom. The number of aromatic nitrogens is 4. The van der Waals surface area contributed by atoms with Crippen molar-refractivity contribution < 1.29 is 4.79 Å². The average molecular weight is 518 g/mol. The molecule has 0 saturated heterocycles. The molecule has 0 aliphatic carbocycles. The van der Waals surface area contributed by atoms with Gasteiger partial charge in [-0.2, -0.15) is 0 Å². The molecule has 1 atom stereocenters. The van der Waals surface area contributed by atoms with Crippen LogP contribution >= 0.6 is 34.9 Å². The van der Waals surface area contributed by atoms with Crippen molar-refractivity contribution in [2.45, 2.75) is 34.9 Å². The van der Waals surface area contributed by atoms with Gasteiger partial charge in [0.2, 0.25) is 5.91 Å². The van der Waals surface area contributed by atoms with Gasteiger partial charge in [-0.15, -0.1) is 22.0 Å². The fourth-order valence-corrected chi connectivity index (χ4v) is 6.00. The summed E-state index contributed by atoms with van der Waals surface area (Å²) in [6, 6.07) is 26.3. The van der Waals surface area contributed by atoms with E-state index in [0.29, 0.717) is 16.0 Å². The van der Waals surface area contributed by atoms with Crippen LogP contribution in [-0.2, 0) is 10.5 Å². The number of para-hydroxylation sites is 2. The number of aryl methyl sites for hydroxylation is 1. The number of carbonyl (C=O) groups excluding carboxylic acids is 1. The first-order valence-corrected chi connectivity index (χ1v) is 13.8. The molecule has 0 spiro atoms. The van der Waals surface area contributed by atoms with Crippen LogP contribution in [0.15, 0.2) is 88.9 Å². The quantitative estimate of drug-likeness (QED) is 0.234. The van der Waals surface area contributed by atoms with Crippen LogP contribution in [0, 0.1) is 6.92 Å². The van der Waals surface area contributed by atoms with Crippen molar-refractivity contribution in [1.82, 2.24) is 19.7 Å². The highest BCUT2D eigenvalue weighted by molar-refractivity contribution is 8.00. The van der Waals surface area contributed by atoms with Gasteiger partial charge in [0.15, 0.2) is 10.3 Å². The number of hydrogen-bond acceptors (Lipinski definition) is 7. The lowest BCUT2D eigenvalue weighted by Crippen LogP contribution is -2.22. The SMILES string of the molecule is Cc1ccc(SCc2nnc(SC(C)C(=O)Nc3nc4ccccc4s3)n2-c2ccccc2)cc1. The number of carbonyl (C=O) groups is 1. The molecule has 0 fully saturated rings. The summed E-state index contributed by atoms with van der Waals surface area (Å²) in [5.41, 5.74) is 3.09. The molecular weight excluding hydrogens is 495 g/mol. The smallest absolute Gasteiger partial charge is 0.239 e. The number of amides is 1. The summed E-state index contributed by atoms with van der Waals surface area (Å²) < 4.78 is 3.08. The molecular formula is C26H23N5OS3. The second kappa shape index (κ2) is 10.6. The minimum Gasteiger partial charge on any atom is -0.301 e. The number of fused-ring (bicyclic) bond motifs is 1. The Kier molecular flexibility index (Phi) is 7.17. The summed E-state index contributed by atoms with van der Waals surface area (Å²) in [6.45, 7) is 3.95. The van der Waals surface area contributed by atoms with Crippen molar-refractivity contribution in [2.75, 3.05) is 5.32 Å². The largest absolute Gasteiger partial charge is 0.301 e. The van der Waals surface area contributed by atoms with Gasteiger partial charge < -0.3 is 5.32 Å². The lowest BCUT2D eigenvalue weighted by Gasteiger charge is -2.13. The van der Waals surface area contributed by atoms with E-state index in [-0.39, 0.29) is 11.2 Å². The van der Waals surface area contributed by atoms with Gasteiger partial charge in [-0.05, 0) is 50.2 Å². The molecule has 176 valence electrons. The zero-order valence-corrected chi connectivity index (χ0v) is 21.7. The maximum Gasteiger partial charge on any atom is 0.239 e. The Bertz CT molecular complexity index is 1410. The van der Waals surface area contributed by atoms with Gasteiger partial charge in [0, 0.05) is 10.6 Å². The third-order valence-electron chi connectivity index (χ3n) is 5.28. The number of thioether (sulfide) groups is 2. The topological polar surface area (TPSA) is 72.7 Å². The highest BCUT2D eigenvalue weighted by Crippen LogP contribution is 2.31. The molecule has 0 aliphatic heterocycles. The van der Waals surface area contributed by atoms with Crippen molar-refractivity contribution in [3.63, 3.8) is 0 Å². The van der Waals surface area contributed by atoms with E-state index in [1.807, 2.05) is 66.1 Å². The molecule has 1 amide bonds. The van der Waals surface area contributed by atoms with Crippen LogP contribution in [0.4, 0.5) is 5.13 Å². The zero-order valence-electron chi connectivity index (χ0n) is 19.2. The van der Waals surface area contributed by atoms with E-state index in [2.05, 4.69) is 51.7 Å². The molecule has 0 radical (unpaired) electrons. The minimum atomic E-state index is -0.383. The van der Waals surface area contributed by atoms with Crippen LogP contribution < -0.4 is 5.32 Å². The maximum atomic E-state index is 13.0. The number of rotatable bonds is 8. The van der Waals surface area contributed by atoms with Crippen molar-refractivity contribution in [2.24, 2.45) is 0 Å². The monoisotopic (exact) mass is 517 g/mol. The molecule has 1 unspecified atom stereocenters. The normalized spacial score (nSPS) is 12.1. The molecule has 5 aromatic rings. The fourth-order valence-electron chi connectivity index (χ4n) is 3.43. The van der Waals surface area contributed by atoms with Crippen LogP contribution in [-0.4, -0.2) is 30.9 Å². The number of nitrogens with zero attached hydrogens (tertiary/aromatic N) is 4. The summed E-state index contributed by atoms with van der Waals surface area (Å²) in [5.74, 6) is 1.38. The summed E-state index contributed by atoms with van der Waals surface area (Å²) in [6.07, 6.45) is 0. The summed E-state index contributed by atoms with van der Waals surface area (Å²) in [4.78, 5) is 18.6. The lowest BCUT2D eigenvalue weighted by atomic mass is 10.2. The van der Waals surface area contributed by atoms with Crippen molar-refractivity contribution >= 4 is 56.1 Å². The minimum absolute atomic E-state index is 0.118. The van der Waals surface area contributed by atoms with Crippen LogP contribution in [0.25, 0.3) is 15.9 Å². The molecule has 6 nitrogen and oxygen atoms in total. The third-order valence-corrected chi connectivity index (χ3v) is 8.28. The molecule has 0 saturated carbocycles. The number of nitrogens with one attached hydrogen (secondary N) is 1. The Morgan fingerprint density at radius 2 is 1.74 bits per heavy atom. The highest BCUT2D eigenvalue weighted by Gasteiger charge is 2.22. The first kappa shape index (κ1) is 23.6. The molecule has 2 aromatic heterocycles. The molecule has 1 N–H and O–H groups in total. The van der Waals surface area contributed by atoms with Crippen molar-refractivity contribution in [3.8, 4) is 5.69 Å². The van der Waals surface area contributed by atoms with Gasteiger partial charge in [-0.1, -0.05) is 71.1 Å². The molecule has 35 heavy (non-hydrogen) atoms. The molecule has 2 heterocycles. The van der Waals surface area contributed by atoms with Crippen molar-refractivity contribution in [1.29, 1.82) is 0 Å². The fraction of sp³-hybridized carbons (Fsp3) is 0.154. The Labute approximate surface area is 216 Å². The van der Waals surface area contributed by atoms with Gasteiger partial charge in [-0.25, -0.2) is 4.98 Å². The third kappa shape index (κ3) is 5.58. The predicted octanol–water partition coefficient (Wildman–Crippen LogP) is 6.60. The zero-order chi connectivity index (χ0) is 24.2. The Balaban J connectivity index is 1.34. The van der Waals surface area contributed by atoms with Crippen LogP contribution in [0.2, 0.25) is 0 Å². The standard InChI is InChI=1S/C26H23N5OS3/c1-17-12-14-20(15-13-17)33-16-23-29-30-26(31(23)19-8-4-3-5-9-19)34-18(2)24(32)28-25-27-21-10-6-7-11-22(21)35-25/h3-15,18H,16H2,1-2H3,(H,27,28,32). The van der Waals surface area contributed by atoms with Gasteiger partial charge in [-0.3, -0.25) is 9.36 Å². The lowest BCUT2D eigenvalue weighted by molar-refractivity contribution is -0.115.